The number of hydrogen-bond acceptors (Lipinski definition) is 15. The lowest BCUT2D eigenvalue weighted by Crippen LogP contribution is -2.32. The molecule has 108 heavy (non-hydrogen) atoms. The molecule has 20 nitrogen and oxygen atoms in total. The summed E-state index contributed by atoms with van der Waals surface area (Å²) in [5.41, 5.74) is 13.8. The molecule has 0 aromatic carbocycles. The minimum absolute atomic E-state index is 0.0770. The van der Waals surface area contributed by atoms with Crippen molar-refractivity contribution in [3.05, 3.63) is 183 Å². The molecule has 568 valence electrons. The van der Waals surface area contributed by atoms with E-state index in [1.165, 1.54) is 97.6 Å². The fraction of sp³-hybridized carbons (Fsp3) is 0.529. The lowest BCUT2D eigenvalue weighted by Gasteiger charge is -2.33. The fourth-order valence-corrected chi connectivity index (χ4v) is 19.6. The summed E-state index contributed by atoms with van der Waals surface area (Å²) in [6, 6.07) is 12.8. The summed E-state index contributed by atoms with van der Waals surface area (Å²) in [4.78, 5) is 42.8. The van der Waals surface area contributed by atoms with Crippen LogP contribution in [0, 0.1) is 11.8 Å². The molecule has 7 unspecified atom stereocenters. The quantitative estimate of drug-likeness (QED) is 0.0640. The summed E-state index contributed by atoms with van der Waals surface area (Å²) in [7, 11) is 0. The van der Waals surface area contributed by atoms with E-state index in [1.54, 1.807) is 18.6 Å². The molecule has 23 heteroatoms. The highest BCUT2D eigenvalue weighted by atomic mass is 19.2. The summed E-state index contributed by atoms with van der Waals surface area (Å²) in [6.07, 6.45) is 57.9. The maximum Gasteiger partial charge on any atom is 0.111 e. The van der Waals surface area contributed by atoms with Crippen LogP contribution in [-0.4, -0.2) is 146 Å². The Balaban J connectivity index is 0.000000103. The van der Waals surface area contributed by atoms with Gasteiger partial charge in [-0.15, -0.1) is 0 Å². The topological polar surface area (TPSA) is 255 Å². The third kappa shape index (κ3) is 15.4. The van der Waals surface area contributed by atoms with Gasteiger partial charge < -0.3 is 48.4 Å². The van der Waals surface area contributed by atoms with Crippen LogP contribution in [0.3, 0.4) is 0 Å². The van der Waals surface area contributed by atoms with Crippen molar-refractivity contribution in [1.29, 1.82) is 0 Å². The van der Waals surface area contributed by atoms with Crippen LogP contribution in [0.4, 0.5) is 13.2 Å². The fourth-order valence-electron chi connectivity index (χ4n) is 19.6. The summed E-state index contributed by atoms with van der Waals surface area (Å²) in [6.45, 7) is 0. The maximum atomic E-state index is 14.9. The van der Waals surface area contributed by atoms with E-state index in [0.717, 1.165) is 83.0 Å². The summed E-state index contributed by atoms with van der Waals surface area (Å²) in [5.74, 6) is 0.929. The molecule has 0 amide bonds. The third-order valence-corrected chi connectivity index (χ3v) is 25.9. The van der Waals surface area contributed by atoms with Gasteiger partial charge in [0.2, 0.25) is 0 Å². The highest BCUT2D eigenvalue weighted by Gasteiger charge is 2.42. The molecule has 0 bridgehead atoms. The van der Waals surface area contributed by atoms with Crippen LogP contribution in [0.15, 0.2) is 155 Å². The number of aliphatic hydroxyl groups excluding tert-OH is 5. The molecule has 20 rings (SSSR count). The molecule has 0 saturated heterocycles. The molecule has 5 aliphatic carbocycles. The minimum Gasteiger partial charge on any atom is -0.393 e. The first-order valence-electron chi connectivity index (χ1n) is 40.0. The van der Waals surface area contributed by atoms with Gasteiger partial charge in [-0.3, -0.25) is 24.9 Å². The minimum atomic E-state index is -1.14. The van der Waals surface area contributed by atoms with E-state index in [2.05, 4.69) is 90.9 Å². The van der Waals surface area contributed by atoms with Gasteiger partial charge in [-0.1, -0.05) is 38.5 Å². The van der Waals surface area contributed by atoms with E-state index in [-0.39, 0.29) is 60.7 Å². The number of pyridine rings is 5. The second-order valence-electron chi connectivity index (χ2n) is 32.5. The molecule has 15 heterocycles. The SMILES string of the molecule is OC(CC1c2cnccc2-c2cncn21)C1CCCCC1.OC(CC1c2cnccc2-c2cncn21)C1CCCCC1.OC1CCC(F)(CCC2c3cnccc3-c3cncn32)CC1.OC1CCC(F)(CCC2c3cnccc3-c3cncn32)CC1.OC1CCC(F)(CCC2c3ncccc3-c3cncn32)CC1. The van der Waals surface area contributed by atoms with Crippen LogP contribution < -0.4 is 0 Å². The van der Waals surface area contributed by atoms with Crippen LogP contribution in [0.1, 0.15) is 251 Å². The molecule has 5 fully saturated rings. The molecule has 0 radical (unpaired) electrons. The Morgan fingerprint density at radius 2 is 0.639 bits per heavy atom. The zero-order valence-electron chi connectivity index (χ0n) is 61.7. The van der Waals surface area contributed by atoms with Crippen molar-refractivity contribution < 1.29 is 38.7 Å². The molecule has 10 aliphatic rings. The molecule has 0 spiro atoms. The van der Waals surface area contributed by atoms with Crippen LogP contribution in [0.5, 0.6) is 0 Å². The van der Waals surface area contributed by atoms with Gasteiger partial charge in [-0.05, 0) is 202 Å². The number of rotatable bonds is 15. The lowest BCUT2D eigenvalue weighted by atomic mass is 9.80. The van der Waals surface area contributed by atoms with Crippen molar-refractivity contribution in [2.75, 3.05) is 0 Å². The monoisotopic (exact) mass is 1470 g/mol. The van der Waals surface area contributed by atoms with Gasteiger partial charge in [0.15, 0.2) is 0 Å². The largest absolute Gasteiger partial charge is 0.393 e. The first-order valence-corrected chi connectivity index (χ1v) is 40.0. The smallest absolute Gasteiger partial charge is 0.111 e. The zero-order chi connectivity index (χ0) is 73.9. The standard InChI is InChI=1S/3C17H20FN3O.2C17H21N3O/c2*18-17(5-1-12(22)2-6-17)7-3-15-14-9-19-8-4-13(14)16-10-20-11-21(15)16;18-17(6-3-12(22)4-7-17)8-5-14-16-13(2-1-9-20-16)15-10-19-11-21(14)15;2*21-17(12-4-2-1-3-5-12)8-15-14-9-18-7-6-13(14)16-10-19-11-20(15)16/h2*4,8-12,15,22H,1-3,5-7H2;1-2,9-12,14,22H,3-8H2;2*6-7,9-12,15,17,21H,1-5,8H2. The first-order chi connectivity index (χ1) is 52.7. The van der Waals surface area contributed by atoms with Crippen molar-refractivity contribution in [2.45, 2.75) is 270 Å². The Kier molecular flexibility index (Phi) is 21.9. The van der Waals surface area contributed by atoms with Crippen molar-refractivity contribution in [2.24, 2.45) is 11.8 Å². The number of imidazole rings is 5. The Labute approximate surface area is 629 Å². The van der Waals surface area contributed by atoms with Crippen LogP contribution >= 0.6 is 0 Å². The molecule has 5 N–H and O–H groups in total. The summed E-state index contributed by atoms with van der Waals surface area (Å²) >= 11 is 0. The van der Waals surface area contributed by atoms with E-state index in [4.69, 9.17) is 0 Å². The highest BCUT2D eigenvalue weighted by Crippen LogP contribution is 2.50. The number of aromatic nitrogens is 15. The predicted octanol–water partition coefficient (Wildman–Crippen LogP) is 16.2. The lowest BCUT2D eigenvalue weighted by molar-refractivity contribution is 0.0252. The van der Waals surface area contributed by atoms with E-state index >= 15 is 0 Å². The van der Waals surface area contributed by atoms with Crippen molar-refractivity contribution in [3.8, 4) is 56.3 Å². The van der Waals surface area contributed by atoms with E-state index in [9.17, 15) is 38.7 Å². The van der Waals surface area contributed by atoms with Gasteiger partial charge in [-0.2, -0.15) is 0 Å². The van der Waals surface area contributed by atoms with E-state index in [0.29, 0.717) is 108 Å². The Bertz CT molecular complexity index is 4240. The number of halogens is 3. The molecule has 10 aromatic rings. The predicted molar refractivity (Wildman–Crippen MR) is 405 cm³/mol. The Hall–Kier alpha value is -8.61. The Morgan fingerprint density at radius 1 is 0.343 bits per heavy atom. The van der Waals surface area contributed by atoms with Gasteiger partial charge in [-0.25, -0.2) is 38.1 Å². The molecule has 7 atom stereocenters. The van der Waals surface area contributed by atoms with E-state index in [1.807, 2.05) is 118 Å². The molecule has 5 saturated carbocycles. The van der Waals surface area contributed by atoms with Gasteiger partial charge in [0.1, 0.15) is 17.0 Å². The van der Waals surface area contributed by atoms with Gasteiger partial charge >= 0.3 is 0 Å². The number of fused-ring (bicyclic) bond motifs is 15. The van der Waals surface area contributed by atoms with Crippen molar-refractivity contribution in [1.82, 2.24) is 72.7 Å². The highest BCUT2D eigenvalue weighted by molar-refractivity contribution is 5.71. The number of aliphatic hydroxyl groups is 5. The number of hydrogen-bond donors (Lipinski definition) is 5. The number of nitrogens with zero attached hydrogens (tertiary/aromatic N) is 15. The maximum absolute atomic E-state index is 14.9. The van der Waals surface area contributed by atoms with Crippen LogP contribution in [0.25, 0.3) is 56.3 Å². The molecular formula is C85H102F3N15O5. The average Bonchev–Trinajstić information content (AvgIpc) is 1.64. The molecular weight excluding hydrogens is 1370 g/mol. The third-order valence-electron chi connectivity index (χ3n) is 25.9. The molecule has 5 aliphatic heterocycles. The van der Waals surface area contributed by atoms with E-state index < -0.39 is 17.0 Å². The average molecular weight is 1470 g/mol. The normalized spacial score (nSPS) is 27.3. The van der Waals surface area contributed by atoms with Crippen LogP contribution in [0.2, 0.25) is 0 Å². The zero-order valence-corrected chi connectivity index (χ0v) is 61.7. The molecule has 10 aromatic heterocycles. The summed E-state index contributed by atoms with van der Waals surface area (Å²) in [5, 5.41) is 50.0. The van der Waals surface area contributed by atoms with Crippen molar-refractivity contribution >= 4 is 0 Å². The van der Waals surface area contributed by atoms with Gasteiger partial charge in [0.25, 0.3) is 0 Å². The second kappa shape index (κ2) is 32.1. The second-order valence-corrected chi connectivity index (χ2v) is 32.5. The van der Waals surface area contributed by atoms with Gasteiger partial charge in [0, 0.05) is 106 Å². The van der Waals surface area contributed by atoms with Crippen LogP contribution in [-0.2, 0) is 0 Å². The first kappa shape index (κ1) is 73.5. The Morgan fingerprint density at radius 3 is 0.981 bits per heavy atom. The van der Waals surface area contributed by atoms with Gasteiger partial charge in [0.05, 0.1) is 158 Å². The number of alkyl halides is 3. The van der Waals surface area contributed by atoms with Crippen molar-refractivity contribution in [3.63, 3.8) is 0 Å². The summed E-state index contributed by atoms with van der Waals surface area (Å²) < 4.78 is 55.5.